The van der Waals surface area contributed by atoms with Gasteiger partial charge >= 0.3 is 12.1 Å². The SMILES string of the molecule is CC(C)=NC(=[OH+])NO.CC(C)=NC(=[OH+])NO.[Mn]. The summed E-state index contributed by atoms with van der Waals surface area (Å²) in [4.78, 5) is 23.6. The molecule has 0 rings (SSSR count). The predicted octanol–water partition coefficient (Wildman–Crippen LogP) is -0.191. The number of amides is 4. The van der Waals surface area contributed by atoms with Gasteiger partial charge in [-0.05, 0) is 27.7 Å². The van der Waals surface area contributed by atoms with Crippen LogP contribution in [0.1, 0.15) is 27.7 Å². The Morgan fingerprint density at radius 2 is 1.06 bits per heavy atom. The van der Waals surface area contributed by atoms with Crippen molar-refractivity contribution in [2.24, 2.45) is 9.98 Å². The van der Waals surface area contributed by atoms with Crippen LogP contribution in [0.4, 0.5) is 0 Å². The standard InChI is InChI=1S/2C4H8N2O2.Mn/c2*1-3(2)5-4(7)6-8;/h2*8H,1-2H3,(H,6,7);/p+2. The molecule has 0 bridgehead atoms. The summed E-state index contributed by atoms with van der Waals surface area (Å²) in [6, 6.07) is -0.963. The van der Waals surface area contributed by atoms with Crippen LogP contribution in [0.2, 0.25) is 0 Å². The van der Waals surface area contributed by atoms with Crippen molar-refractivity contribution in [3.63, 3.8) is 0 Å². The van der Waals surface area contributed by atoms with Gasteiger partial charge in [-0.3, -0.25) is 10.4 Å². The van der Waals surface area contributed by atoms with E-state index >= 15 is 0 Å². The van der Waals surface area contributed by atoms with Crippen LogP contribution in [0, 0.1) is 0 Å². The summed E-state index contributed by atoms with van der Waals surface area (Å²) in [7, 11) is 0. The molecule has 0 aromatic carbocycles. The van der Waals surface area contributed by atoms with Crippen molar-refractivity contribution < 1.29 is 37.1 Å². The fourth-order valence-corrected chi connectivity index (χ4v) is 0.474. The van der Waals surface area contributed by atoms with Crippen LogP contribution in [0.3, 0.4) is 0 Å². The zero-order valence-electron chi connectivity index (χ0n) is 10.1. The largest absolute Gasteiger partial charge is 0.548 e. The first-order valence-corrected chi connectivity index (χ1v) is 4.29. The molecule has 17 heavy (non-hydrogen) atoms. The number of hydroxylamine groups is 2. The molecule has 99 valence electrons. The molecule has 0 aliphatic rings. The molecule has 0 fully saturated rings. The molecule has 0 unspecified atom stereocenters. The first-order chi connectivity index (χ1) is 7.33. The van der Waals surface area contributed by atoms with E-state index in [1.54, 1.807) is 27.7 Å². The Labute approximate surface area is 110 Å². The number of hydrogen-bond donors (Lipinski definition) is 4. The van der Waals surface area contributed by atoms with Crippen molar-refractivity contribution in [1.82, 2.24) is 11.0 Å². The molecule has 0 aliphatic heterocycles. The summed E-state index contributed by atoms with van der Waals surface area (Å²) < 4.78 is 0. The first-order valence-electron chi connectivity index (χ1n) is 4.29. The van der Waals surface area contributed by atoms with Gasteiger partial charge in [0, 0.05) is 28.5 Å². The van der Waals surface area contributed by atoms with Gasteiger partial charge in [0.05, 0.1) is 0 Å². The van der Waals surface area contributed by atoms with E-state index in [9.17, 15) is 0 Å². The van der Waals surface area contributed by atoms with E-state index in [4.69, 9.17) is 20.0 Å². The second-order valence-electron chi connectivity index (χ2n) is 2.99. The van der Waals surface area contributed by atoms with E-state index in [1.807, 2.05) is 0 Å². The predicted molar refractivity (Wildman–Crippen MR) is 61.3 cm³/mol. The minimum Gasteiger partial charge on any atom is -0.283 e. The molecule has 8 nitrogen and oxygen atoms in total. The second-order valence-corrected chi connectivity index (χ2v) is 2.99. The van der Waals surface area contributed by atoms with Gasteiger partial charge in [0.2, 0.25) is 0 Å². The fraction of sp³-hybridized carbons (Fsp3) is 0.500. The van der Waals surface area contributed by atoms with Crippen molar-refractivity contribution in [2.75, 3.05) is 0 Å². The van der Waals surface area contributed by atoms with Gasteiger partial charge in [-0.25, -0.2) is 9.59 Å². The van der Waals surface area contributed by atoms with E-state index in [0.29, 0.717) is 11.4 Å². The monoisotopic (exact) mass is 289 g/mol. The Balaban J connectivity index is -0.000000218. The van der Waals surface area contributed by atoms with Gasteiger partial charge in [0.1, 0.15) is 0 Å². The minimum atomic E-state index is -0.481. The van der Waals surface area contributed by atoms with Crippen molar-refractivity contribution in [3.8, 4) is 0 Å². The normalized spacial score (nSPS) is 7.41. The molecule has 0 aromatic rings. The van der Waals surface area contributed by atoms with Crippen LogP contribution in [0.25, 0.3) is 0 Å². The molecule has 0 heterocycles. The molecular formula is C8H18MnN4O4+2. The number of urea groups is 2. The summed E-state index contributed by atoms with van der Waals surface area (Å²) in [5, 5.41) is 15.9. The maximum atomic E-state index is 8.40. The maximum absolute atomic E-state index is 8.40. The van der Waals surface area contributed by atoms with Crippen molar-refractivity contribution in [1.29, 1.82) is 0 Å². The van der Waals surface area contributed by atoms with E-state index in [2.05, 4.69) is 9.98 Å². The molecule has 0 aliphatic carbocycles. The Hall–Kier alpha value is -1.28. The van der Waals surface area contributed by atoms with E-state index in [-0.39, 0.29) is 17.1 Å². The first kappa shape index (κ1) is 21.1. The Morgan fingerprint density at radius 1 is 0.824 bits per heavy atom. The van der Waals surface area contributed by atoms with Crippen LogP contribution < -0.4 is 11.0 Å². The van der Waals surface area contributed by atoms with Crippen LogP contribution in [-0.4, -0.2) is 43.5 Å². The molecule has 0 saturated carbocycles. The Bertz CT molecular complexity index is 266. The van der Waals surface area contributed by atoms with Crippen molar-refractivity contribution >= 4 is 23.5 Å². The number of nitrogens with zero attached hydrogens (tertiary/aromatic N) is 2. The van der Waals surface area contributed by atoms with Crippen LogP contribution in [0.5, 0.6) is 0 Å². The topological polar surface area (TPSA) is 132 Å². The van der Waals surface area contributed by atoms with Gasteiger partial charge in [-0.1, -0.05) is 0 Å². The molecule has 0 atom stereocenters. The summed E-state index contributed by atoms with van der Waals surface area (Å²) in [5.41, 5.74) is 4.30. The third kappa shape index (κ3) is 20.7. The number of carbonyl (C=O) groups excluding carboxylic acids is 2. The van der Waals surface area contributed by atoms with Gasteiger partial charge in [-0.2, -0.15) is 11.0 Å². The van der Waals surface area contributed by atoms with Gasteiger partial charge in [-0.15, -0.1) is 9.98 Å². The van der Waals surface area contributed by atoms with E-state index < -0.39 is 12.1 Å². The smallest absolute Gasteiger partial charge is 0.283 e. The zero-order valence-corrected chi connectivity index (χ0v) is 11.2. The third-order valence-electron chi connectivity index (χ3n) is 0.859. The Kier molecular flexibility index (Phi) is 15.8. The van der Waals surface area contributed by atoms with Crippen LogP contribution in [0.15, 0.2) is 9.98 Å². The number of nitrogens with one attached hydrogen (secondary N) is 2. The van der Waals surface area contributed by atoms with Crippen LogP contribution >= 0.6 is 0 Å². The van der Waals surface area contributed by atoms with Gasteiger partial charge in [0.15, 0.2) is 0 Å². The number of aliphatic imine (C=N–C) groups is 2. The van der Waals surface area contributed by atoms with E-state index in [0.717, 1.165) is 0 Å². The van der Waals surface area contributed by atoms with Gasteiger partial charge < -0.3 is 0 Å². The summed E-state index contributed by atoms with van der Waals surface area (Å²) >= 11 is 0. The summed E-state index contributed by atoms with van der Waals surface area (Å²) in [6.45, 7) is 6.81. The molecule has 6 N–H and O–H groups in total. The van der Waals surface area contributed by atoms with Crippen molar-refractivity contribution in [3.05, 3.63) is 0 Å². The molecule has 9 heteroatoms. The molecule has 0 aromatic heterocycles. The summed E-state index contributed by atoms with van der Waals surface area (Å²) in [5.74, 6) is 0. The average molecular weight is 289 g/mol. The molecule has 1 radical (unpaired) electrons. The molecule has 4 amide bonds. The third-order valence-corrected chi connectivity index (χ3v) is 0.859. The molecule has 0 saturated heterocycles. The van der Waals surface area contributed by atoms with Gasteiger partial charge in [0.25, 0.3) is 0 Å². The zero-order chi connectivity index (χ0) is 13.1. The van der Waals surface area contributed by atoms with Crippen LogP contribution in [-0.2, 0) is 17.1 Å². The number of rotatable bonds is 0. The fourth-order valence-electron chi connectivity index (χ4n) is 0.474. The second kappa shape index (κ2) is 12.8. The van der Waals surface area contributed by atoms with E-state index in [1.165, 1.54) is 11.0 Å². The maximum Gasteiger partial charge on any atom is 0.548 e. The average Bonchev–Trinajstić information content (AvgIpc) is 2.16. The number of hydrogen-bond acceptors (Lipinski definition) is 2. The quantitative estimate of drug-likeness (QED) is 0.162. The summed E-state index contributed by atoms with van der Waals surface area (Å²) in [6.07, 6.45) is 0. The molecular weight excluding hydrogens is 271 g/mol. The van der Waals surface area contributed by atoms with Crippen molar-refractivity contribution in [2.45, 2.75) is 27.7 Å². The Morgan fingerprint density at radius 3 is 1.12 bits per heavy atom. The molecule has 0 spiro atoms. The minimum absolute atomic E-state index is 0.